The predicted octanol–water partition coefficient (Wildman–Crippen LogP) is 4.17. The number of unbranched alkanes of at least 4 members (excludes halogenated alkanes) is 1. The van der Waals surface area contributed by atoms with Crippen LogP contribution in [0.4, 0.5) is 13.2 Å². The van der Waals surface area contributed by atoms with E-state index in [4.69, 9.17) is 0 Å². The molecule has 3 nitrogen and oxygen atoms in total. The normalized spacial score (nSPS) is 11.2. The van der Waals surface area contributed by atoms with Gasteiger partial charge in [-0.15, -0.1) is 13.2 Å². The fourth-order valence-electron chi connectivity index (χ4n) is 1.96. The van der Waals surface area contributed by atoms with E-state index in [1.165, 1.54) is 24.3 Å². The highest BCUT2D eigenvalue weighted by Gasteiger charge is 2.30. The zero-order valence-electron chi connectivity index (χ0n) is 11.6. The van der Waals surface area contributed by atoms with Crippen LogP contribution >= 0.6 is 0 Å². The lowest BCUT2D eigenvalue weighted by Gasteiger charge is -2.09. The molecule has 0 saturated carbocycles. The molecule has 0 radical (unpaired) electrons. The number of aldehydes is 1. The summed E-state index contributed by atoms with van der Waals surface area (Å²) in [4.78, 5) is 14.5. The second kappa shape index (κ2) is 7.06. The SMILES string of the molecule is O=CCCCc1ccc(-c2ccc(OC(F)(F)F)cc2)nc1. The van der Waals surface area contributed by atoms with E-state index >= 15 is 0 Å². The molecule has 1 aromatic heterocycles. The largest absolute Gasteiger partial charge is 0.573 e. The summed E-state index contributed by atoms with van der Waals surface area (Å²) in [7, 11) is 0. The third kappa shape index (κ3) is 4.87. The van der Waals surface area contributed by atoms with Gasteiger partial charge in [-0.05, 0) is 48.7 Å². The van der Waals surface area contributed by atoms with Crippen LogP contribution in [-0.4, -0.2) is 17.6 Å². The molecule has 0 spiro atoms. The highest BCUT2D eigenvalue weighted by molar-refractivity contribution is 5.60. The molecule has 1 heterocycles. The van der Waals surface area contributed by atoms with E-state index in [2.05, 4.69) is 9.72 Å². The van der Waals surface area contributed by atoms with Crippen molar-refractivity contribution in [3.05, 3.63) is 48.2 Å². The van der Waals surface area contributed by atoms with E-state index in [1.54, 1.807) is 12.3 Å². The molecule has 1 aromatic carbocycles. The fourth-order valence-corrected chi connectivity index (χ4v) is 1.96. The number of aryl methyl sites for hydroxylation is 1. The van der Waals surface area contributed by atoms with E-state index in [9.17, 15) is 18.0 Å². The monoisotopic (exact) mass is 309 g/mol. The van der Waals surface area contributed by atoms with Gasteiger partial charge >= 0.3 is 6.36 Å². The molecule has 0 unspecified atom stereocenters. The third-order valence-corrected chi connectivity index (χ3v) is 3.00. The molecular weight excluding hydrogens is 295 g/mol. The number of carbonyl (C=O) groups excluding carboxylic acids is 1. The zero-order chi connectivity index (χ0) is 16.0. The number of pyridine rings is 1. The van der Waals surface area contributed by atoms with Crippen LogP contribution in [0.1, 0.15) is 18.4 Å². The van der Waals surface area contributed by atoms with Crippen molar-refractivity contribution in [1.82, 2.24) is 4.98 Å². The second-order valence-electron chi connectivity index (χ2n) is 4.68. The van der Waals surface area contributed by atoms with Crippen molar-refractivity contribution in [1.29, 1.82) is 0 Å². The predicted molar refractivity (Wildman–Crippen MR) is 75.4 cm³/mol. The van der Waals surface area contributed by atoms with Crippen LogP contribution in [0.15, 0.2) is 42.6 Å². The lowest BCUT2D eigenvalue weighted by atomic mass is 10.1. The van der Waals surface area contributed by atoms with Crippen LogP contribution in [0.2, 0.25) is 0 Å². The number of alkyl halides is 3. The summed E-state index contributed by atoms with van der Waals surface area (Å²) in [6.45, 7) is 0. The Morgan fingerprint density at radius 1 is 1.09 bits per heavy atom. The number of hydrogen-bond acceptors (Lipinski definition) is 3. The average Bonchev–Trinajstić information content (AvgIpc) is 2.48. The smallest absolute Gasteiger partial charge is 0.406 e. The molecule has 0 fully saturated rings. The Hall–Kier alpha value is -2.37. The first-order valence-corrected chi connectivity index (χ1v) is 6.73. The Labute approximate surface area is 125 Å². The number of nitrogens with zero attached hydrogens (tertiary/aromatic N) is 1. The molecule has 0 aliphatic carbocycles. The number of carbonyl (C=O) groups is 1. The quantitative estimate of drug-likeness (QED) is 0.594. The van der Waals surface area contributed by atoms with Gasteiger partial charge in [0.05, 0.1) is 5.69 Å². The second-order valence-corrected chi connectivity index (χ2v) is 4.68. The highest BCUT2D eigenvalue weighted by atomic mass is 19.4. The van der Waals surface area contributed by atoms with Gasteiger partial charge in [0, 0.05) is 18.2 Å². The lowest BCUT2D eigenvalue weighted by molar-refractivity contribution is -0.274. The van der Waals surface area contributed by atoms with Crippen LogP contribution in [-0.2, 0) is 11.2 Å². The van der Waals surface area contributed by atoms with Crippen molar-refractivity contribution < 1.29 is 22.7 Å². The Bertz CT molecular complexity index is 607. The van der Waals surface area contributed by atoms with Crippen molar-refractivity contribution in [2.75, 3.05) is 0 Å². The number of rotatable bonds is 6. The molecule has 0 atom stereocenters. The molecule has 0 amide bonds. The minimum absolute atomic E-state index is 0.262. The zero-order valence-corrected chi connectivity index (χ0v) is 11.6. The molecule has 22 heavy (non-hydrogen) atoms. The summed E-state index contributed by atoms with van der Waals surface area (Å²) in [5.41, 5.74) is 2.38. The topological polar surface area (TPSA) is 39.2 Å². The average molecular weight is 309 g/mol. The summed E-state index contributed by atoms with van der Waals surface area (Å²) in [5, 5.41) is 0. The molecular formula is C16H14F3NO2. The minimum atomic E-state index is -4.69. The molecule has 2 rings (SSSR count). The van der Waals surface area contributed by atoms with Gasteiger partial charge in [0.2, 0.25) is 0 Å². The highest BCUT2D eigenvalue weighted by Crippen LogP contribution is 2.25. The van der Waals surface area contributed by atoms with Gasteiger partial charge in [-0.2, -0.15) is 0 Å². The van der Waals surface area contributed by atoms with Gasteiger partial charge in [-0.3, -0.25) is 4.98 Å². The Morgan fingerprint density at radius 2 is 1.82 bits per heavy atom. The molecule has 0 N–H and O–H groups in total. The van der Waals surface area contributed by atoms with Crippen LogP contribution < -0.4 is 4.74 Å². The molecule has 6 heteroatoms. The first-order chi connectivity index (χ1) is 10.5. The first kappa shape index (κ1) is 16.0. The molecule has 116 valence electrons. The molecule has 2 aromatic rings. The van der Waals surface area contributed by atoms with Crippen molar-refractivity contribution in [2.45, 2.75) is 25.6 Å². The van der Waals surface area contributed by atoms with E-state index in [-0.39, 0.29) is 5.75 Å². The Morgan fingerprint density at radius 3 is 2.36 bits per heavy atom. The number of halogens is 3. The van der Waals surface area contributed by atoms with Crippen LogP contribution in [0.5, 0.6) is 5.75 Å². The molecule has 0 aliphatic heterocycles. The van der Waals surface area contributed by atoms with Gasteiger partial charge in [0.15, 0.2) is 0 Å². The van der Waals surface area contributed by atoms with Crippen LogP contribution in [0.3, 0.4) is 0 Å². The summed E-state index contributed by atoms with van der Waals surface area (Å²) < 4.78 is 40.1. The van der Waals surface area contributed by atoms with Crippen LogP contribution in [0.25, 0.3) is 11.3 Å². The van der Waals surface area contributed by atoms with Gasteiger partial charge in [0.1, 0.15) is 12.0 Å². The van der Waals surface area contributed by atoms with Crippen molar-refractivity contribution in [3.63, 3.8) is 0 Å². The van der Waals surface area contributed by atoms with Gasteiger partial charge in [-0.25, -0.2) is 0 Å². The standard InChI is InChI=1S/C16H14F3NO2/c17-16(18,19)22-14-7-5-13(6-8-14)15-9-4-12(11-20-15)3-1-2-10-21/h4-11H,1-3H2. The summed E-state index contributed by atoms with van der Waals surface area (Å²) in [5.74, 6) is -0.262. The summed E-state index contributed by atoms with van der Waals surface area (Å²) in [6.07, 6.45) is -0.0453. The molecule has 0 bridgehead atoms. The van der Waals surface area contributed by atoms with E-state index in [0.29, 0.717) is 17.7 Å². The van der Waals surface area contributed by atoms with Gasteiger partial charge in [-0.1, -0.05) is 6.07 Å². The fraction of sp³-hybridized carbons (Fsp3) is 0.250. The minimum Gasteiger partial charge on any atom is -0.406 e. The van der Waals surface area contributed by atoms with Gasteiger partial charge < -0.3 is 9.53 Å². The molecule has 0 saturated heterocycles. The first-order valence-electron chi connectivity index (χ1n) is 6.73. The number of hydrogen-bond donors (Lipinski definition) is 0. The maximum Gasteiger partial charge on any atom is 0.573 e. The summed E-state index contributed by atoms with van der Waals surface area (Å²) in [6, 6.07) is 9.25. The van der Waals surface area contributed by atoms with E-state index in [0.717, 1.165) is 24.7 Å². The van der Waals surface area contributed by atoms with Crippen molar-refractivity contribution in [3.8, 4) is 17.0 Å². The molecule has 0 aliphatic rings. The Balaban J connectivity index is 2.03. The maximum absolute atomic E-state index is 12.1. The van der Waals surface area contributed by atoms with Gasteiger partial charge in [0.25, 0.3) is 0 Å². The van der Waals surface area contributed by atoms with Crippen LogP contribution in [0, 0.1) is 0 Å². The number of ether oxygens (including phenoxy) is 1. The lowest BCUT2D eigenvalue weighted by Crippen LogP contribution is -2.16. The number of aromatic nitrogens is 1. The maximum atomic E-state index is 12.1. The van der Waals surface area contributed by atoms with E-state index < -0.39 is 6.36 Å². The Kier molecular flexibility index (Phi) is 5.14. The summed E-state index contributed by atoms with van der Waals surface area (Å²) >= 11 is 0. The number of benzene rings is 1. The van der Waals surface area contributed by atoms with Crippen molar-refractivity contribution in [2.24, 2.45) is 0 Å². The van der Waals surface area contributed by atoms with E-state index in [1.807, 2.05) is 6.07 Å². The van der Waals surface area contributed by atoms with Crippen molar-refractivity contribution >= 4 is 6.29 Å². The third-order valence-electron chi connectivity index (χ3n) is 3.00.